The van der Waals surface area contributed by atoms with Gasteiger partial charge in [0, 0.05) is 0 Å². The summed E-state index contributed by atoms with van der Waals surface area (Å²) >= 11 is 0. The Kier molecular flexibility index (Phi) is 12.6. The van der Waals surface area contributed by atoms with Gasteiger partial charge in [0.1, 0.15) is 12.1 Å². The predicted octanol–water partition coefficient (Wildman–Crippen LogP) is -4.28. The van der Waals surface area contributed by atoms with Gasteiger partial charge >= 0.3 is 11.9 Å². The van der Waals surface area contributed by atoms with E-state index in [-0.39, 0.29) is 18.3 Å². The molecule has 0 aromatic carbocycles. The van der Waals surface area contributed by atoms with Crippen LogP contribution in [0.2, 0.25) is 0 Å². The van der Waals surface area contributed by atoms with Crippen molar-refractivity contribution in [2.24, 2.45) is 22.9 Å². The summed E-state index contributed by atoms with van der Waals surface area (Å²) in [5.41, 5.74) is 19.1. The molecule has 19 heavy (non-hydrogen) atoms. The molecule has 0 heterocycles. The molecule has 2 amide bonds. The second-order valence-electron chi connectivity index (χ2n) is 3.23. The summed E-state index contributed by atoms with van der Waals surface area (Å²) in [7, 11) is 0. The number of rotatable bonds is 6. The van der Waals surface area contributed by atoms with Crippen LogP contribution in [0, 0.1) is 0 Å². The van der Waals surface area contributed by atoms with Crippen LogP contribution in [0.4, 0.5) is 0 Å². The van der Waals surface area contributed by atoms with E-state index in [1.165, 1.54) is 0 Å². The average Bonchev–Trinajstić information content (AvgIpc) is 2.16. The molecule has 0 saturated heterocycles. The fraction of sp³-hybridized carbons (Fsp3) is 0.500. The van der Waals surface area contributed by atoms with Crippen molar-refractivity contribution < 1.29 is 34.9 Å². The van der Waals surface area contributed by atoms with Crippen LogP contribution in [-0.4, -0.2) is 51.5 Å². The Bertz CT molecular complexity index is 301. The maximum atomic E-state index is 9.99. The normalized spacial score (nSPS) is 11.9. The van der Waals surface area contributed by atoms with E-state index in [1.807, 2.05) is 0 Å². The molecular weight excluding hydrogens is 264 g/mol. The Balaban J connectivity index is -0.000000256. The number of amides is 2. The number of aliphatic carboxylic acids is 2. The van der Waals surface area contributed by atoms with Gasteiger partial charge in [-0.2, -0.15) is 0 Å². The van der Waals surface area contributed by atoms with Crippen LogP contribution >= 0.6 is 0 Å². The van der Waals surface area contributed by atoms with Crippen molar-refractivity contribution in [3.63, 3.8) is 0 Å². The molecule has 11 nitrogen and oxygen atoms in total. The quantitative estimate of drug-likeness (QED) is 0.277. The fourth-order valence-corrected chi connectivity index (χ4v) is 0.608. The minimum Gasteiger partial charge on any atom is -0.480 e. The number of hydrogen-bond donors (Lipinski definition) is 6. The van der Waals surface area contributed by atoms with Gasteiger partial charge in [0.2, 0.25) is 11.8 Å². The lowest BCUT2D eigenvalue weighted by Crippen LogP contribution is -2.34. The number of primary amides is 2. The van der Waals surface area contributed by atoms with Gasteiger partial charge in [-0.3, -0.25) is 19.2 Å². The third-order valence-corrected chi connectivity index (χ3v) is 1.48. The highest BCUT2D eigenvalue weighted by Crippen LogP contribution is 1.85. The van der Waals surface area contributed by atoms with Gasteiger partial charge in [0.05, 0.1) is 12.8 Å². The van der Waals surface area contributed by atoms with Crippen LogP contribution in [0.1, 0.15) is 12.8 Å². The Labute approximate surface area is 107 Å². The molecule has 0 aliphatic carbocycles. The number of carboxylic acid groups (broad SMARTS) is 2. The number of hydrogen-bond acceptors (Lipinski definition) is 6. The lowest BCUT2D eigenvalue weighted by Gasteiger charge is -1.99. The molecule has 0 aliphatic heterocycles. The molecule has 0 aromatic heterocycles. The Morgan fingerprint density at radius 2 is 1.00 bits per heavy atom. The molecule has 0 rings (SSSR count). The van der Waals surface area contributed by atoms with E-state index >= 15 is 0 Å². The Morgan fingerprint density at radius 3 is 1.05 bits per heavy atom. The van der Waals surface area contributed by atoms with E-state index in [1.54, 1.807) is 0 Å². The summed E-state index contributed by atoms with van der Waals surface area (Å²) in [5.74, 6) is -3.84. The predicted molar refractivity (Wildman–Crippen MR) is 62.5 cm³/mol. The van der Waals surface area contributed by atoms with Crippen molar-refractivity contribution in [1.82, 2.24) is 0 Å². The summed E-state index contributed by atoms with van der Waals surface area (Å²) < 4.78 is 0. The van der Waals surface area contributed by atoms with Crippen molar-refractivity contribution in [3.05, 3.63) is 0 Å². The number of carbonyl (C=O) groups is 4. The molecule has 1 unspecified atom stereocenters. The molecular formula is C8H18N4O7. The molecule has 0 spiro atoms. The maximum Gasteiger partial charge on any atom is 0.321 e. The minimum absolute atomic E-state index is 0. The molecule has 0 fully saturated rings. The van der Waals surface area contributed by atoms with Crippen LogP contribution < -0.4 is 22.9 Å². The maximum absolute atomic E-state index is 9.99. The SMILES string of the molecule is NC(=O)CC(N)C(=O)O.NC(=O)C[C@H](N)C(=O)O.O. The zero-order valence-electron chi connectivity index (χ0n) is 9.91. The molecule has 0 saturated carbocycles. The summed E-state index contributed by atoms with van der Waals surface area (Å²) in [6, 6.07) is -2.33. The third-order valence-electron chi connectivity index (χ3n) is 1.48. The zero-order valence-corrected chi connectivity index (χ0v) is 9.91. The Hall–Kier alpha value is -2.24. The lowest BCUT2D eigenvalue weighted by molar-refractivity contribution is -0.140. The van der Waals surface area contributed by atoms with Crippen LogP contribution in [0.3, 0.4) is 0 Å². The molecule has 112 valence electrons. The van der Waals surface area contributed by atoms with Crippen molar-refractivity contribution in [1.29, 1.82) is 0 Å². The molecule has 0 aliphatic rings. The molecule has 2 atom stereocenters. The highest BCUT2D eigenvalue weighted by Gasteiger charge is 2.13. The standard InChI is InChI=1S/2C4H8N2O3.H2O/c2*5-2(4(8)9)1-3(6)7;/h2*2H,1,5H2,(H2,6,7)(H,8,9);1H2/t2-;;/m0../s1. The van der Waals surface area contributed by atoms with Gasteiger partial charge in [-0.25, -0.2) is 0 Å². The molecule has 11 heteroatoms. The van der Waals surface area contributed by atoms with Gasteiger partial charge in [-0.05, 0) is 0 Å². The first kappa shape index (κ1) is 22.0. The first-order valence-corrected chi connectivity index (χ1v) is 4.61. The van der Waals surface area contributed by atoms with Crippen LogP contribution in [0.5, 0.6) is 0 Å². The summed E-state index contributed by atoms with van der Waals surface area (Å²) in [6.07, 6.45) is -0.620. The molecule has 0 aromatic rings. The second kappa shape index (κ2) is 10.9. The monoisotopic (exact) mass is 282 g/mol. The first-order valence-electron chi connectivity index (χ1n) is 4.61. The summed E-state index contributed by atoms with van der Waals surface area (Å²) in [4.78, 5) is 39.8. The average molecular weight is 282 g/mol. The van der Waals surface area contributed by atoms with E-state index < -0.39 is 35.8 Å². The molecule has 0 radical (unpaired) electrons. The van der Waals surface area contributed by atoms with Crippen molar-refractivity contribution in [2.75, 3.05) is 0 Å². The topological polar surface area (TPSA) is 244 Å². The van der Waals surface area contributed by atoms with E-state index in [4.69, 9.17) is 21.7 Å². The highest BCUT2D eigenvalue weighted by atomic mass is 16.4. The van der Waals surface area contributed by atoms with Crippen LogP contribution in [0.15, 0.2) is 0 Å². The van der Waals surface area contributed by atoms with E-state index in [2.05, 4.69) is 11.5 Å². The van der Waals surface area contributed by atoms with Gasteiger partial charge in [0.15, 0.2) is 0 Å². The van der Waals surface area contributed by atoms with Crippen molar-refractivity contribution >= 4 is 23.8 Å². The molecule has 12 N–H and O–H groups in total. The van der Waals surface area contributed by atoms with Crippen LogP contribution in [0.25, 0.3) is 0 Å². The number of nitrogens with two attached hydrogens (primary N) is 4. The number of carbonyl (C=O) groups excluding carboxylic acids is 2. The zero-order chi connectivity index (χ0) is 14.9. The molecule has 0 bridgehead atoms. The second-order valence-corrected chi connectivity index (χ2v) is 3.23. The van der Waals surface area contributed by atoms with E-state index in [0.29, 0.717) is 0 Å². The van der Waals surface area contributed by atoms with Crippen LogP contribution in [-0.2, 0) is 19.2 Å². The summed E-state index contributed by atoms with van der Waals surface area (Å²) in [6.45, 7) is 0. The largest absolute Gasteiger partial charge is 0.480 e. The third kappa shape index (κ3) is 15.8. The van der Waals surface area contributed by atoms with Gasteiger partial charge in [-0.1, -0.05) is 0 Å². The van der Waals surface area contributed by atoms with Gasteiger partial charge in [-0.15, -0.1) is 0 Å². The van der Waals surface area contributed by atoms with Crippen molar-refractivity contribution in [2.45, 2.75) is 24.9 Å². The number of carboxylic acids is 2. The van der Waals surface area contributed by atoms with E-state index in [0.717, 1.165) is 0 Å². The fourth-order valence-electron chi connectivity index (χ4n) is 0.608. The van der Waals surface area contributed by atoms with Crippen molar-refractivity contribution in [3.8, 4) is 0 Å². The highest BCUT2D eigenvalue weighted by molar-refractivity contribution is 5.83. The first-order chi connectivity index (χ1) is 8.07. The lowest BCUT2D eigenvalue weighted by atomic mass is 10.2. The van der Waals surface area contributed by atoms with E-state index in [9.17, 15) is 19.2 Å². The smallest absolute Gasteiger partial charge is 0.321 e. The minimum atomic E-state index is -1.21. The van der Waals surface area contributed by atoms with Gasteiger partial charge in [0.25, 0.3) is 0 Å². The van der Waals surface area contributed by atoms with Gasteiger partial charge < -0.3 is 38.6 Å². The Morgan fingerprint density at radius 1 is 0.789 bits per heavy atom. The summed E-state index contributed by atoms with van der Waals surface area (Å²) in [5, 5.41) is 16.2.